The Labute approximate surface area is 125 Å². The molecule has 0 saturated carbocycles. The zero-order valence-corrected chi connectivity index (χ0v) is 12.9. The normalized spacial score (nSPS) is 18.0. The monoisotopic (exact) mass is 311 g/mol. The van der Waals surface area contributed by atoms with Gasteiger partial charge in [0.2, 0.25) is 15.9 Å². The second-order valence-electron chi connectivity index (χ2n) is 5.15. The smallest absolute Gasteiger partial charge is 0.240 e. The fraction of sp³-hybridized carbons (Fsp3) is 0.500. The van der Waals surface area contributed by atoms with E-state index in [4.69, 9.17) is 0 Å². The van der Waals surface area contributed by atoms with Gasteiger partial charge >= 0.3 is 0 Å². The van der Waals surface area contributed by atoms with Crippen molar-refractivity contribution in [2.24, 2.45) is 0 Å². The molecule has 1 saturated heterocycles. The van der Waals surface area contributed by atoms with E-state index in [2.05, 4.69) is 15.4 Å². The molecule has 1 aromatic carbocycles. The first kappa shape index (κ1) is 15.9. The van der Waals surface area contributed by atoms with Crippen LogP contribution in [0, 0.1) is 6.92 Å². The Bertz CT molecular complexity index is 580. The lowest BCUT2D eigenvalue weighted by molar-refractivity contribution is -0.124. The number of benzene rings is 1. The van der Waals surface area contributed by atoms with Gasteiger partial charge in [-0.1, -0.05) is 17.7 Å². The van der Waals surface area contributed by atoms with Gasteiger partial charge in [0.15, 0.2) is 0 Å². The predicted octanol–water partition coefficient (Wildman–Crippen LogP) is 0.142. The molecule has 116 valence electrons. The highest BCUT2D eigenvalue weighted by molar-refractivity contribution is 7.89. The van der Waals surface area contributed by atoms with Gasteiger partial charge < -0.3 is 10.6 Å². The van der Waals surface area contributed by atoms with Crippen LogP contribution in [0.5, 0.6) is 0 Å². The average Bonchev–Trinajstić information content (AvgIpc) is 2.36. The molecule has 1 aliphatic heterocycles. The number of hydrogen-bond acceptors (Lipinski definition) is 4. The minimum Gasteiger partial charge on any atom is -0.355 e. The van der Waals surface area contributed by atoms with E-state index in [1.165, 1.54) is 0 Å². The van der Waals surface area contributed by atoms with Gasteiger partial charge in [0.1, 0.15) is 0 Å². The highest BCUT2D eigenvalue weighted by Crippen LogP contribution is 2.09. The molecule has 1 fully saturated rings. The second-order valence-corrected chi connectivity index (χ2v) is 6.92. The van der Waals surface area contributed by atoms with Crippen molar-refractivity contribution >= 4 is 15.9 Å². The molecule has 1 heterocycles. The van der Waals surface area contributed by atoms with Crippen LogP contribution in [0.2, 0.25) is 0 Å². The number of rotatable bonds is 7. The Balaban J connectivity index is 1.69. The van der Waals surface area contributed by atoms with E-state index in [0.717, 1.165) is 18.5 Å². The zero-order valence-electron chi connectivity index (χ0n) is 12.1. The number of carbonyl (C=O) groups is 1. The predicted molar refractivity (Wildman–Crippen MR) is 80.4 cm³/mol. The lowest BCUT2D eigenvalue weighted by atomic mass is 10.1. The summed E-state index contributed by atoms with van der Waals surface area (Å²) < 4.78 is 26.5. The minimum absolute atomic E-state index is 0.0114. The Morgan fingerprint density at radius 1 is 1.29 bits per heavy atom. The summed E-state index contributed by atoms with van der Waals surface area (Å²) in [5, 5.41) is 5.79. The molecule has 1 atom stereocenters. The molecule has 1 aliphatic rings. The molecule has 7 heteroatoms. The van der Waals surface area contributed by atoms with Crippen molar-refractivity contribution in [3.63, 3.8) is 0 Å². The maximum absolute atomic E-state index is 12.0. The Morgan fingerprint density at radius 3 is 2.52 bits per heavy atom. The number of nitrogens with one attached hydrogen (secondary N) is 3. The van der Waals surface area contributed by atoms with Crippen molar-refractivity contribution in [3.05, 3.63) is 29.8 Å². The summed E-state index contributed by atoms with van der Waals surface area (Å²) in [6, 6.07) is 6.62. The van der Waals surface area contributed by atoms with Gasteiger partial charge in [-0.05, 0) is 38.4 Å². The highest BCUT2D eigenvalue weighted by atomic mass is 32.2. The summed E-state index contributed by atoms with van der Waals surface area (Å²) in [7, 11) is -3.46. The van der Waals surface area contributed by atoms with Crippen molar-refractivity contribution in [1.82, 2.24) is 15.4 Å². The van der Waals surface area contributed by atoms with Gasteiger partial charge in [0.05, 0.1) is 10.9 Å². The molecule has 0 spiro atoms. The number of aryl methyl sites for hydroxylation is 1. The third-order valence-corrected chi connectivity index (χ3v) is 4.89. The molecule has 0 bridgehead atoms. The van der Waals surface area contributed by atoms with E-state index in [9.17, 15) is 13.2 Å². The summed E-state index contributed by atoms with van der Waals surface area (Å²) in [4.78, 5) is 11.8. The maximum atomic E-state index is 12.0. The van der Waals surface area contributed by atoms with Gasteiger partial charge in [0.25, 0.3) is 0 Å². The van der Waals surface area contributed by atoms with Gasteiger partial charge in [-0.25, -0.2) is 13.1 Å². The largest absolute Gasteiger partial charge is 0.355 e. The van der Waals surface area contributed by atoms with Crippen LogP contribution in [0.4, 0.5) is 0 Å². The quantitative estimate of drug-likeness (QED) is 0.625. The molecule has 2 rings (SSSR count). The average molecular weight is 311 g/mol. The summed E-state index contributed by atoms with van der Waals surface area (Å²) in [5.41, 5.74) is 1.02. The number of hydrogen-bond donors (Lipinski definition) is 3. The van der Waals surface area contributed by atoms with Crippen molar-refractivity contribution in [2.75, 3.05) is 19.6 Å². The number of sulfonamides is 1. The van der Waals surface area contributed by atoms with Crippen molar-refractivity contribution in [3.8, 4) is 0 Å². The molecule has 3 N–H and O–H groups in total. The SMILES string of the molecule is Cc1ccc(S(=O)(=O)NCCCNC(=O)C2CCN2)cc1. The van der Waals surface area contributed by atoms with E-state index >= 15 is 0 Å². The van der Waals surface area contributed by atoms with Gasteiger partial charge in [-0.15, -0.1) is 0 Å². The summed E-state index contributed by atoms with van der Waals surface area (Å²) >= 11 is 0. The molecular formula is C14H21N3O3S. The molecule has 21 heavy (non-hydrogen) atoms. The molecule has 1 unspecified atom stereocenters. The first-order valence-electron chi connectivity index (χ1n) is 7.06. The summed E-state index contributed by atoms with van der Waals surface area (Å²) in [6.07, 6.45) is 1.43. The van der Waals surface area contributed by atoms with E-state index in [1.54, 1.807) is 24.3 Å². The summed E-state index contributed by atoms with van der Waals surface area (Å²) in [5.74, 6) is -0.0114. The third kappa shape index (κ3) is 4.52. The van der Waals surface area contributed by atoms with Crippen molar-refractivity contribution < 1.29 is 13.2 Å². The molecule has 1 aromatic rings. The molecule has 1 amide bonds. The molecule has 6 nitrogen and oxygen atoms in total. The fourth-order valence-electron chi connectivity index (χ4n) is 1.94. The Morgan fingerprint density at radius 2 is 1.95 bits per heavy atom. The van der Waals surface area contributed by atoms with Crippen LogP contribution in [-0.4, -0.2) is 40.0 Å². The number of carbonyl (C=O) groups excluding carboxylic acids is 1. The van der Waals surface area contributed by atoms with Gasteiger partial charge in [-0.3, -0.25) is 4.79 Å². The lowest BCUT2D eigenvalue weighted by Gasteiger charge is -2.26. The Kier molecular flexibility index (Phi) is 5.33. The van der Waals surface area contributed by atoms with Crippen LogP contribution in [0.3, 0.4) is 0 Å². The van der Waals surface area contributed by atoms with Crippen molar-refractivity contribution in [1.29, 1.82) is 0 Å². The van der Waals surface area contributed by atoms with Crippen LogP contribution in [0.15, 0.2) is 29.2 Å². The third-order valence-electron chi connectivity index (χ3n) is 3.42. The van der Waals surface area contributed by atoms with E-state index in [0.29, 0.717) is 19.5 Å². The molecule has 0 aliphatic carbocycles. The maximum Gasteiger partial charge on any atom is 0.240 e. The summed E-state index contributed by atoms with van der Waals surface area (Å²) in [6.45, 7) is 3.56. The molecule has 0 aromatic heterocycles. The zero-order chi connectivity index (χ0) is 15.3. The second kappa shape index (κ2) is 7.02. The topological polar surface area (TPSA) is 87.3 Å². The van der Waals surface area contributed by atoms with Crippen LogP contribution in [-0.2, 0) is 14.8 Å². The van der Waals surface area contributed by atoms with E-state index in [1.807, 2.05) is 6.92 Å². The Hall–Kier alpha value is -1.44. The fourth-order valence-corrected chi connectivity index (χ4v) is 3.02. The highest BCUT2D eigenvalue weighted by Gasteiger charge is 2.23. The van der Waals surface area contributed by atoms with Crippen LogP contribution < -0.4 is 15.4 Å². The van der Waals surface area contributed by atoms with E-state index < -0.39 is 10.0 Å². The van der Waals surface area contributed by atoms with Crippen LogP contribution in [0.25, 0.3) is 0 Å². The molecular weight excluding hydrogens is 290 g/mol. The number of amides is 1. The van der Waals surface area contributed by atoms with Crippen LogP contribution in [0.1, 0.15) is 18.4 Å². The molecule has 0 radical (unpaired) electrons. The van der Waals surface area contributed by atoms with Gasteiger partial charge in [0, 0.05) is 13.1 Å². The van der Waals surface area contributed by atoms with Crippen molar-refractivity contribution in [2.45, 2.75) is 30.7 Å². The first-order valence-corrected chi connectivity index (χ1v) is 8.55. The first-order chi connectivity index (χ1) is 9.99. The standard InChI is InChI=1S/C14H21N3O3S/c1-11-3-5-12(6-4-11)21(19,20)17-9-2-8-16-14(18)13-7-10-15-13/h3-6,13,15,17H,2,7-10H2,1H3,(H,16,18). The van der Waals surface area contributed by atoms with Crippen LogP contribution >= 0.6 is 0 Å². The lowest BCUT2D eigenvalue weighted by Crippen LogP contribution is -2.53. The minimum atomic E-state index is -3.46. The van der Waals surface area contributed by atoms with E-state index in [-0.39, 0.29) is 16.8 Å². The van der Waals surface area contributed by atoms with Gasteiger partial charge in [-0.2, -0.15) is 0 Å².